The molecule has 0 aliphatic rings. The first kappa shape index (κ1) is 30.9. The number of hydrogen-bond donors (Lipinski definition) is 1. The van der Waals surface area contributed by atoms with Gasteiger partial charge in [0.25, 0.3) is 0 Å². The molecule has 31 heavy (non-hydrogen) atoms. The summed E-state index contributed by atoms with van der Waals surface area (Å²) in [5, 5.41) is 10.4. The lowest BCUT2D eigenvalue weighted by molar-refractivity contribution is 0.102. The molecule has 1 atom stereocenters. The van der Waals surface area contributed by atoms with E-state index in [1.54, 1.807) is 0 Å². The molecule has 0 unspecified atom stereocenters. The molecule has 0 amide bonds. The van der Waals surface area contributed by atoms with E-state index in [-0.39, 0.29) is 11.1 Å². The van der Waals surface area contributed by atoms with Crippen LogP contribution in [0.3, 0.4) is 0 Å². The summed E-state index contributed by atoms with van der Waals surface area (Å²) in [6, 6.07) is 0. The molecule has 0 heterocycles. The van der Waals surface area contributed by atoms with Crippen LogP contribution in [0.1, 0.15) is 137 Å². The van der Waals surface area contributed by atoms with Crippen molar-refractivity contribution in [1.29, 1.82) is 0 Å². The highest BCUT2D eigenvalue weighted by Crippen LogP contribution is 2.36. The van der Waals surface area contributed by atoms with Crippen LogP contribution in [-0.2, 0) is 4.43 Å². The van der Waals surface area contributed by atoms with Crippen LogP contribution in [0.15, 0.2) is 12.2 Å². The summed E-state index contributed by atoms with van der Waals surface area (Å²) in [5.41, 5.74) is 0. The third kappa shape index (κ3) is 19.1. The maximum atomic E-state index is 10.2. The van der Waals surface area contributed by atoms with Crippen molar-refractivity contribution in [1.82, 2.24) is 0 Å². The fourth-order valence-electron chi connectivity index (χ4n) is 3.59. The van der Waals surface area contributed by atoms with Crippen molar-refractivity contribution in [2.75, 3.05) is 6.61 Å². The Hall–Kier alpha value is -0.123. The van der Waals surface area contributed by atoms with Crippen molar-refractivity contribution in [3.05, 3.63) is 12.2 Å². The third-order valence-electron chi connectivity index (χ3n) is 6.99. The van der Waals surface area contributed by atoms with E-state index in [1.165, 1.54) is 96.3 Å². The van der Waals surface area contributed by atoms with Gasteiger partial charge in [0.05, 0.1) is 12.7 Å². The second-order valence-electron chi connectivity index (χ2n) is 11.2. The molecule has 0 aromatic rings. The van der Waals surface area contributed by atoms with Gasteiger partial charge in [0, 0.05) is 0 Å². The van der Waals surface area contributed by atoms with Gasteiger partial charge >= 0.3 is 0 Å². The Morgan fingerprint density at radius 2 is 1.13 bits per heavy atom. The summed E-state index contributed by atoms with van der Waals surface area (Å²) in [6.07, 6.45) is 27.1. The number of aliphatic hydroxyl groups is 1. The highest BCUT2D eigenvalue weighted by Gasteiger charge is 2.37. The molecule has 0 aromatic heterocycles. The molecular weight excluding hydrogens is 396 g/mol. The van der Waals surface area contributed by atoms with E-state index in [2.05, 4.69) is 52.9 Å². The average Bonchev–Trinajstić information content (AvgIpc) is 2.70. The van der Waals surface area contributed by atoms with Crippen LogP contribution in [0.25, 0.3) is 0 Å². The smallest absolute Gasteiger partial charge is 0.192 e. The zero-order chi connectivity index (χ0) is 23.4. The topological polar surface area (TPSA) is 29.5 Å². The van der Waals surface area contributed by atoms with Gasteiger partial charge in [-0.25, -0.2) is 0 Å². The number of hydrogen-bond acceptors (Lipinski definition) is 2. The summed E-state index contributed by atoms with van der Waals surface area (Å²) in [4.78, 5) is 0. The van der Waals surface area contributed by atoms with Gasteiger partial charge in [0.1, 0.15) is 0 Å². The molecule has 2 nitrogen and oxygen atoms in total. The average molecular weight is 455 g/mol. The SMILES string of the molecule is CCCCCCCCCCCCCCCCC/C=C/C[C@@H](O)CO[Si](C)(C)C(C)(C)C. The second-order valence-corrected chi connectivity index (χ2v) is 16.0. The Morgan fingerprint density at radius 1 is 0.710 bits per heavy atom. The second kappa shape index (κ2) is 19.4. The van der Waals surface area contributed by atoms with E-state index in [1.807, 2.05) is 0 Å². The minimum atomic E-state index is -1.75. The van der Waals surface area contributed by atoms with Gasteiger partial charge in [-0.05, 0) is 37.4 Å². The zero-order valence-electron chi connectivity index (χ0n) is 22.3. The maximum Gasteiger partial charge on any atom is 0.192 e. The maximum absolute atomic E-state index is 10.2. The summed E-state index contributed by atoms with van der Waals surface area (Å²) in [5.74, 6) is 0. The molecule has 0 aromatic carbocycles. The number of unbranched alkanes of at least 4 members (excludes halogenated alkanes) is 15. The monoisotopic (exact) mass is 454 g/mol. The van der Waals surface area contributed by atoms with Crippen LogP contribution in [0.4, 0.5) is 0 Å². The van der Waals surface area contributed by atoms with Gasteiger partial charge in [0.15, 0.2) is 8.32 Å². The van der Waals surface area contributed by atoms with Gasteiger partial charge in [-0.15, -0.1) is 0 Å². The molecule has 0 saturated carbocycles. The van der Waals surface area contributed by atoms with E-state index in [0.29, 0.717) is 13.0 Å². The van der Waals surface area contributed by atoms with Crippen molar-refractivity contribution in [3.63, 3.8) is 0 Å². The Kier molecular flexibility index (Phi) is 19.3. The predicted octanol–water partition coefficient (Wildman–Crippen LogP) is 9.58. The molecule has 0 aliphatic heterocycles. The molecular formula is C28H58O2Si. The van der Waals surface area contributed by atoms with Crippen LogP contribution < -0.4 is 0 Å². The fourth-order valence-corrected chi connectivity index (χ4v) is 4.64. The van der Waals surface area contributed by atoms with Crippen molar-refractivity contribution >= 4 is 8.32 Å². The zero-order valence-corrected chi connectivity index (χ0v) is 23.3. The van der Waals surface area contributed by atoms with Gasteiger partial charge in [0.2, 0.25) is 0 Å². The Labute approximate surface area is 197 Å². The van der Waals surface area contributed by atoms with Crippen molar-refractivity contribution in [3.8, 4) is 0 Å². The Balaban J connectivity index is 3.39. The lowest BCUT2D eigenvalue weighted by Gasteiger charge is -2.36. The van der Waals surface area contributed by atoms with E-state index >= 15 is 0 Å². The molecule has 0 bridgehead atoms. The summed E-state index contributed by atoms with van der Waals surface area (Å²) >= 11 is 0. The molecule has 0 spiro atoms. The number of allylic oxidation sites excluding steroid dienone is 1. The van der Waals surface area contributed by atoms with Crippen LogP contribution in [-0.4, -0.2) is 26.1 Å². The highest BCUT2D eigenvalue weighted by molar-refractivity contribution is 6.74. The number of aliphatic hydroxyl groups excluding tert-OH is 1. The summed E-state index contributed by atoms with van der Waals surface area (Å²) in [6.45, 7) is 14.0. The van der Waals surface area contributed by atoms with E-state index in [4.69, 9.17) is 4.43 Å². The highest BCUT2D eigenvalue weighted by atomic mass is 28.4. The van der Waals surface area contributed by atoms with Gasteiger partial charge in [-0.2, -0.15) is 0 Å². The van der Waals surface area contributed by atoms with Crippen LogP contribution in [0.2, 0.25) is 18.1 Å². The lowest BCUT2D eigenvalue weighted by atomic mass is 10.0. The van der Waals surface area contributed by atoms with Gasteiger partial charge in [-0.1, -0.05) is 130 Å². The summed E-state index contributed by atoms with van der Waals surface area (Å²) in [7, 11) is -1.75. The third-order valence-corrected chi connectivity index (χ3v) is 11.5. The van der Waals surface area contributed by atoms with E-state index in [0.717, 1.165) is 6.42 Å². The Bertz CT molecular complexity index is 412. The van der Waals surface area contributed by atoms with Crippen LogP contribution in [0, 0.1) is 0 Å². The molecule has 0 rings (SSSR count). The first-order valence-corrected chi connectivity index (χ1v) is 16.6. The lowest BCUT2D eigenvalue weighted by Crippen LogP contribution is -2.42. The molecule has 186 valence electrons. The first-order chi connectivity index (χ1) is 14.7. The van der Waals surface area contributed by atoms with Crippen molar-refractivity contribution < 1.29 is 9.53 Å². The predicted molar refractivity (Wildman–Crippen MR) is 142 cm³/mol. The largest absolute Gasteiger partial charge is 0.414 e. The standard InChI is InChI=1S/C28H58O2Si/c1-7-8-9-10-11-12-13-14-15-16-17-18-19-20-21-22-23-24-25-27(29)26-30-31(5,6)28(2,3)4/h23-24,27,29H,7-22,25-26H2,1-6H3/b24-23+/t27-/m1/s1. The number of rotatable bonds is 21. The van der Waals surface area contributed by atoms with Crippen LogP contribution >= 0.6 is 0 Å². The first-order valence-electron chi connectivity index (χ1n) is 13.7. The molecule has 0 saturated heterocycles. The van der Waals surface area contributed by atoms with Gasteiger partial charge < -0.3 is 9.53 Å². The molecule has 0 aliphatic carbocycles. The molecule has 3 heteroatoms. The van der Waals surface area contributed by atoms with Gasteiger partial charge in [-0.3, -0.25) is 0 Å². The van der Waals surface area contributed by atoms with Crippen LogP contribution in [0.5, 0.6) is 0 Å². The fraction of sp³-hybridized carbons (Fsp3) is 0.929. The Morgan fingerprint density at radius 3 is 1.55 bits per heavy atom. The minimum Gasteiger partial charge on any atom is -0.414 e. The normalized spacial score (nSPS) is 13.9. The molecule has 0 fully saturated rings. The van der Waals surface area contributed by atoms with E-state index < -0.39 is 8.32 Å². The van der Waals surface area contributed by atoms with Crippen molar-refractivity contribution in [2.45, 2.75) is 161 Å². The molecule has 0 radical (unpaired) electrons. The minimum absolute atomic E-state index is 0.204. The van der Waals surface area contributed by atoms with Crippen molar-refractivity contribution in [2.24, 2.45) is 0 Å². The quantitative estimate of drug-likeness (QED) is 0.106. The summed E-state index contributed by atoms with van der Waals surface area (Å²) < 4.78 is 6.10. The van der Waals surface area contributed by atoms with E-state index in [9.17, 15) is 5.11 Å². The molecule has 1 N–H and O–H groups in total.